The molecule has 0 atom stereocenters. The molecule has 0 radical (unpaired) electrons. The van der Waals surface area contributed by atoms with Gasteiger partial charge in [0.25, 0.3) is 5.91 Å². The van der Waals surface area contributed by atoms with Gasteiger partial charge in [0.05, 0.1) is 11.4 Å². The van der Waals surface area contributed by atoms with Gasteiger partial charge in [0.2, 0.25) is 0 Å². The Hall–Kier alpha value is -2.80. The second-order valence-corrected chi connectivity index (χ2v) is 6.20. The topological polar surface area (TPSA) is 63.9 Å². The van der Waals surface area contributed by atoms with Crippen LogP contribution < -0.4 is 4.90 Å². The number of halogens is 2. The first kappa shape index (κ1) is 15.7. The molecule has 3 aromatic rings. The Bertz CT molecular complexity index is 944. The molecule has 0 N–H and O–H groups in total. The molecule has 4 rings (SSSR count). The first-order valence-corrected chi connectivity index (χ1v) is 8.14. The standard InChI is InChI=1S/C17H13ClFN5O/c18-13-7-11-4-2-6-23(16(11)15(19)9-13)17(25)12-3-1-5-14(8-12)24-10-20-21-22-24/h1,3,5,7-10H,2,4,6H2. The highest BCUT2D eigenvalue weighted by Gasteiger charge is 2.27. The van der Waals surface area contributed by atoms with Crippen LogP contribution in [0, 0.1) is 5.82 Å². The summed E-state index contributed by atoms with van der Waals surface area (Å²) in [5.41, 5.74) is 2.16. The first-order valence-electron chi connectivity index (χ1n) is 7.77. The minimum Gasteiger partial charge on any atom is -0.305 e. The van der Waals surface area contributed by atoms with E-state index in [1.807, 2.05) is 0 Å². The molecule has 0 saturated heterocycles. The molecule has 0 spiro atoms. The molecule has 25 heavy (non-hydrogen) atoms. The fourth-order valence-electron chi connectivity index (χ4n) is 3.07. The molecule has 0 unspecified atom stereocenters. The number of tetrazole rings is 1. The summed E-state index contributed by atoms with van der Waals surface area (Å²) >= 11 is 5.94. The second kappa shape index (κ2) is 6.25. The number of aryl methyl sites for hydroxylation is 1. The van der Waals surface area contributed by atoms with E-state index in [4.69, 9.17) is 11.6 Å². The van der Waals surface area contributed by atoms with Crippen molar-refractivity contribution < 1.29 is 9.18 Å². The number of anilines is 1. The number of nitrogens with zero attached hydrogens (tertiary/aromatic N) is 5. The normalized spacial score (nSPS) is 13.6. The molecule has 2 heterocycles. The van der Waals surface area contributed by atoms with E-state index >= 15 is 0 Å². The van der Waals surface area contributed by atoms with Crippen LogP contribution in [0.2, 0.25) is 5.02 Å². The van der Waals surface area contributed by atoms with E-state index < -0.39 is 5.82 Å². The summed E-state index contributed by atoms with van der Waals surface area (Å²) in [6, 6.07) is 9.87. The van der Waals surface area contributed by atoms with E-state index in [-0.39, 0.29) is 5.91 Å². The highest BCUT2D eigenvalue weighted by Crippen LogP contribution is 2.33. The van der Waals surface area contributed by atoms with Gasteiger partial charge in [0.1, 0.15) is 12.1 Å². The number of carbonyl (C=O) groups is 1. The minimum absolute atomic E-state index is 0.267. The quantitative estimate of drug-likeness (QED) is 0.707. The molecule has 6 nitrogen and oxygen atoms in total. The van der Waals surface area contributed by atoms with Crippen LogP contribution in [0.5, 0.6) is 0 Å². The molecular weight excluding hydrogens is 345 g/mol. The maximum Gasteiger partial charge on any atom is 0.258 e. The van der Waals surface area contributed by atoms with Crippen molar-refractivity contribution in [3.05, 3.63) is 64.7 Å². The Balaban J connectivity index is 1.73. The summed E-state index contributed by atoms with van der Waals surface area (Å²) in [5, 5.41) is 11.3. The van der Waals surface area contributed by atoms with Gasteiger partial charge < -0.3 is 4.90 Å². The lowest BCUT2D eigenvalue weighted by molar-refractivity contribution is 0.0984. The van der Waals surface area contributed by atoms with Crippen molar-refractivity contribution in [1.29, 1.82) is 0 Å². The zero-order valence-corrected chi connectivity index (χ0v) is 13.8. The fourth-order valence-corrected chi connectivity index (χ4v) is 3.30. The highest BCUT2D eigenvalue weighted by molar-refractivity contribution is 6.30. The lowest BCUT2D eigenvalue weighted by atomic mass is 10.00. The van der Waals surface area contributed by atoms with Crippen molar-refractivity contribution in [3.8, 4) is 5.69 Å². The van der Waals surface area contributed by atoms with E-state index in [9.17, 15) is 9.18 Å². The van der Waals surface area contributed by atoms with Crippen molar-refractivity contribution in [2.45, 2.75) is 12.8 Å². The zero-order chi connectivity index (χ0) is 17.4. The molecule has 0 saturated carbocycles. The van der Waals surface area contributed by atoms with Crippen molar-refractivity contribution in [2.24, 2.45) is 0 Å². The average molecular weight is 358 g/mol. The van der Waals surface area contributed by atoms with Crippen molar-refractivity contribution in [2.75, 3.05) is 11.4 Å². The maximum atomic E-state index is 14.5. The highest BCUT2D eigenvalue weighted by atomic mass is 35.5. The number of rotatable bonds is 2. The number of carbonyl (C=O) groups excluding carboxylic acids is 1. The fraction of sp³-hybridized carbons (Fsp3) is 0.176. The van der Waals surface area contributed by atoms with Crippen LogP contribution in [0.25, 0.3) is 5.69 Å². The Morgan fingerprint density at radius 1 is 1.24 bits per heavy atom. The Kier molecular flexibility index (Phi) is 3.93. The Morgan fingerprint density at radius 3 is 2.92 bits per heavy atom. The number of benzene rings is 2. The van der Waals surface area contributed by atoms with Gasteiger partial charge in [-0.2, -0.15) is 0 Å². The van der Waals surface area contributed by atoms with Gasteiger partial charge >= 0.3 is 0 Å². The summed E-state index contributed by atoms with van der Waals surface area (Å²) in [7, 11) is 0. The lowest BCUT2D eigenvalue weighted by Gasteiger charge is -2.30. The van der Waals surface area contributed by atoms with Gasteiger partial charge in [-0.3, -0.25) is 4.79 Å². The van der Waals surface area contributed by atoms with E-state index in [0.29, 0.717) is 34.9 Å². The predicted octanol–water partition coefficient (Wildman–Crippen LogP) is 3.05. The third-order valence-corrected chi connectivity index (χ3v) is 4.37. The first-order chi connectivity index (χ1) is 12.1. The minimum atomic E-state index is -0.479. The molecule has 0 fully saturated rings. The van der Waals surface area contributed by atoms with Gasteiger partial charge in [0, 0.05) is 17.1 Å². The second-order valence-electron chi connectivity index (χ2n) is 5.76. The summed E-state index contributed by atoms with van der Waals surface area (Å²) in [6.45, 7) is 0.458. The number of aromatic nitrogens is 4. The summed E-state index contributed by atoms with van der Waals surface area (Å²) in [6.07, 6.45) is 2.90. The smallest absolute Gasteiger partial charge is 0.258 e. The van der Waals surface area contributed by atoms with E-state index in [0.717, 1.165) is 12.0 Å². The van der Waals surface area contributed by atoms with Gasteiger partial charge in [-0.25, -0.2) is 9.07 Å². The van der Waals surface area contributed by atoms with E-state index in [1.54, 1.807) is 30.3 Å². The number of fused-ring (bicyclic) bond motifs is 1. The van der Waals surface area contributed by atoms with Crippen LogP contribution in [0.1, 0.15) is 22.3 Å². The largest absolute Gasteiger partial charge is 0.305 e. The number of hydrogen-bond donors (Lipinski definition) is 0. The molecule has 2 aromatic carbocycles. The zero-order valence-electron chi connectivity index (χ0n) is 13.1. The average Bonchev–Trinajstić information content (AvgIpc) is 3.15. The molecule has 1 amide bonds. The molecule has 126 valence electrons. The van der Waals surface area contributed by atoms with Crippen LogP contribution in [-0.4, -0.2) is 32.7 Å². The molecular formula is C17H13ClFN5O. The van der Waals surface area contributed by atoms with Crippen LogP contribution in [0.3, 0.4) is 0 Å². The van der Waals surface area contributed by atoms with Gasteiger partial charge in [-0.1, -0.05) is 17.7 Å². The summed E-state index contributed by atoms with van der Waals surface area (Å²) in [5.74, 6) is -0.746. The van der Waals surface area contributed by atoms with Crippen LogP contribution in [-0.2, 0) is 6.42 Å². The number of amides is 1. The molecule has 0 aliphatic carbocycles. The third-order valence-electron chi connectivity index (χ3n) is 4.16. The predicted molar refractivity (Wildman–Crippen MR) is 90.6 cm³/mol. The SMILES string of the molecule is O=C(c1cccc(-n2cnnn2)c1)N1CCCc2cc(Cl)cc(F)c21. The summed E-state index contributed by atoms with van der Waals surface area (Å²) in [4.78, 5) is 14.5. The van der Waals surface area contributed by atoms with Crippen molar-refractivity contribution in [1.82, 2.24) is 20.2 Å². The van der Waals surface area contributed by atoms with Crippen LogP contribution in [0.4, 0.5) is 10.1 Å². The molecule has 1 aliphatic rings. The van der Waals surface area contributed by atoms with Crippen molar-refractivity contribution >= 4 is 23.2 Å². The van der Waals surface area contributed by atoms with Gasteiger partial charge in [-0.15, -0.1) is 5.10 Å². The molecule has 1 aliphatic heterocycles. The van der Waals surface area contributed by atoms with Crippen LogP contribution in [0.15, 0.2) is 42.7 Å². The molecule has 8 heteroatoms. The van der Waals surface area contributed by atoms with E-state index in [1.165, 1.54) is 22.0 Å². The molecule has 1 aromatic heterocycles. The van der Waals surface area contributed by atoms with Gasteiger partial charge in [0.15, 0.2) is 0 Å². The maximum absolute atomic E-state index is 14.5. The van der Waals surface area contributed by atoms with E-state index in [2.05, 4.69) is 15.5 Å². The molecule has 0 bridgehead atoms. The monoisotopic (exact) mass is 357 g/mol. The Labute approximate surface area is 147 Å². The van der Waals surface area contributed by atoms with Crippen molar-refractivity contribution in [3.63, 3.8) is 0 Å². The summed E-state index contributed by atoms with van der Waals surface area (Å²) < 4.78 is 15.9. The number of hydrogen-bond acceptors (Lipinski definition) is 4. The Morgan fingerprint density at radius 2 is 2.12 bits per heavy atom. The van der Waals surface area contributed by atoms with Crippen LogP contribution >= 0.6 is 11.6 Å². The lowest BCUT2D eigenvalue weighted by Crippen LogP contribution is -2.36. The third kappa shape index (κ3) is 2.87. The van der Waals surface area contributed by atoms with Gasteiger partial charge in [-0.05, 0) is 59.2 Å².